The van der Waals surface area contributed by atoms with Crippen LogP contribution in [0, 0.1) is 5.82 Å². The Kier molecular flexibility index (Phi) is 12.4. The Morgan fingerprint density at radius 1 is 1.07 bits per heavy atom. The van der Waals surface area contributed by atoms with E-state index in [-0.39, 0.29) is 60.1 Å². The summed E-state index contributed by atoms with van der Waals surface area (Å²) >= 11 is 0. The number of rotatable bonds is 8. The number of guanidine groups is 1. The average molecular weight is 507 g/mol. The molecule has 0 aliphatic carbocycles. The minimum absolute atomic E-state index is 0. The van der Waals surface area contributed by atoms with Gasteiger partial charge in [-0.2, -0.15) is 0 Å². The molecule has 0 unspecified atom stereocenters. The molecule has 4 N–H and O–H groups in total. The zero-order valence-electron chi connectivity index (χ0n) is 16.9. The standard InChI is InChI=1S/C19H30FN5O2.HI/c1-5-21-18(24-13-17(27)25-19(2,3)4)23-10-9-22-16(26)12-14-7-6-8-15(20)11-14;/h6-8,11H,5,9-10,12-13H2,1-4H3,(H,22,26)(H,25,27)(H2,21,23,24);1H. The molecule has 0 saturated carbocycles. The molecular weight excluding hydrogens is 476 g/mol. The van der Waals surface area contributed by atoms with Crippen LogP contribution in [-0.2, 0) is 16.0 Å². The van der Waals surface area contributed by atoms with Crippen molar-refractivity contribution in [2.75, 3.05) is 26.2 Å². The lowest BCUT2D eigenvalue weighted by Crippen LogP contribution is -2.44. The smallest absolute Gasteiger partial charge is 0.242 e. The summed E-state index contributed by atoms with van der Waals surface area (Å²) in [7, 11) is 0. The molecule has 0 spiro atoms. The fourth-order valence-electron chi connectivity index (χ4n) is 2.23. The van der Waals surface area contributed by atoms with Crippen molar-refractivity contribution in [3.05, 3.63) is 35.6 Å². The molecule has 158 valence electrons. The summed E-state index contributed by atoms with van der Waals surface area (Å²) in [5.41, 5.74) is 0.324. The summed E-state index contributed by atoms with van der Waals surface area (Å²) in [5, 5.41) is 11.7. The largest absolute Gasteiger partial charge is 0.357 e. The van der Waals surface area contributed by atoms with E-state index in [1.165, 1.54) is 12.1 Å². The minimum Gasteiger partial charge on any atom is -0.357 e. The second kappa shape index (κ2) is 13.3. The number of halogens is 2. The van der Waals surface area contributed by atoms with Crippen molar-refractivity contribution in [1.29, 1.82) is 0 Å². The predicted molar refractivity (Wildman–Crippen MR) is 120 cm³/mol. The third kappa shape index (κ3) is 12.5. The van der Waals surface area contributed by atoms with E-state index in [0.717, 1.165) is 0 Å². The molecule has 0 fully saturated rings. The second-order valence-corrected chi connectivity index (χ2v) is 7.08. The van der Waals surface area contributed by atoms with Crippen LogP contribution in [0.4, 0.5) is 4.39 Å². The minimum atomic E-state index is -0.357. The van der Waals surface area contributed by atoms with Gasteiger partial charge in [-0.25, -0.2) is 9.38 Å². The molecule has 0 radical (unpaired) electrons. The monoisotopic (exact) mass is 507 g/mol. The highest BCUT2D eigenvalue weighted by molar-refractivity contribution is 14.0. The summed E-state index contributed by atoms with van der Waals surface area (Å²) in [4.78, 5) is 27.9. The first-order valence-corrected chi connectivity index (χ1v) is 9.04. The van der Waals surface area contributed by atoms with Crippen LogP contribution >= 0.6 is 24.0 Å². The zero-order valence-corrected chi connectivity index (χ0v) is 19.2. The highest BCUT2D eigenvalue weighted by Gasteiger charge is 2.13. The van der Waals surface area contributed by atoms with Gasteiger partial charge in [0.2, 0.25) is 11.8 Å². The zero-order chi connectivity index (χ0) is 20.3. The summed E-state index contributed by atoms with van der Waals surface area (Å²) in [6, 6.07) is 5.97. The van der Waals surface area contributed by atoms with Crippen LogP contribution in [0.25, 0.3) is 0 Å². The second-order valence-electron chi connectivity index (χ2n) is 7.08. The summed E-state index contributed by atoms with van der Waals surface area (Å²) in [6.07, 6.45) is 0.124. The van der Waals surface area contributed by atoms with Gasteiger partial charge in [-0.1, -0.05) is 12.1 Å². The van der Waals surface area contributed by atoms with Gasteiger partial charge < -0.3 is 21.3 Å². The van der Waals surface area contributed by atoms with Gasteiger partial charge in [0.15, 0.2) is 5.96 Å². The molecular formula is C19H31FIN5O2. The lowest BCUT2D eigenvalue weighted by molar-refractivity contribution is -0.121. The van der Waals surface area contributed by atoms with Crippen LogP contribution in [0.5, 0.6) is 0 Å². The Bertz CT molecular complexity index is 662. The molecule has 0 saturated heterocycles. The van der Waals surface area contributed by atoms with E-state index < -0.39 is 0 Å². The van der Waals surface area contributed by atoms with Gasteiger partial charge in [0.1, 0.15) is 12.4 Å². The van der Waals surface area contributed by atoms with Gasteiger partial charge in [-0.3, -0.25) is 9.59 Å². The number of amides is 2. The molecule has 2 amide bonds. The highest BCUT2D eigenvalue weighted by Crippen LogP contribution is 2.03. The predicted octanol–water partition coefficient (Wildman–Crippen LogP) is 1.57. The molecule has 9 heteroatoms. The first-order chi connectivity index (χ1) is 12.7. The van der Waals surface area contributed by atoms with E-state index in [9.17, 15) is 14.0 Å². The molecule has 0 aromatic heterocycles. The third-order valence-electron chi connectivity index (χ3n) is 3.23. The molecule has 0 heterocycles. The topological polar surface area (TPSA) is 94.6 Å². The molecule has 28 heavy (non-hydrogen) atoms. The number of carbonyl (C=O) groups excluding carboxylic acids is 2. The van der Waals surface area contributed by atoms with Crippen LogP contribution in [0.2, 0.25) is 0 Å². The summed E-state index contributed by atoms with van der Waals surface area (Å²) < 4.78 is 13.1. The van der Waals surface area contributed by atoms with Crippen molar-refractivity contribution < 1.29 is 14.0 Å². The first-order valence-electron chi connectivity index (χ1n) is 9.04. The van der Waals surface area contributed by atoms with Gasteiger partial charge >= 0.3 is 0 Å². The van der Waals surface area contributed by atoms with Crippen molar-refractivity contribution >= 4 is 41.8 Å². The maximum absolute atomic E-state index is 13.1. The van der Waals surface area contributed by atoms with E-state index in [2.05, 4.69) is 26.3 Å². The fraction of sp³-hybridized carbons (Fsp3) is 0.526. The van der Waals surface area contributed by atoms with Crippen molar-refractivity contribution in [2.45, 2.75) is 39.7 Å². The van der Waals surface area contributed by atoms with Crippen molar-refractivity contribution in [3.8, 4) is 0 Å². The van der Waals surface area contributed by atoms with Gasteiger partial charge in [0.05, 0.1) is 6.42 Å². The van der Waals surface area contributed by atoms with Gasteiger partial charge in [-0.05, 0) is 45.4 Å². The number of aliphatic imine (C=N–C) groups is 1. The van der Waals surface area contributed by atoms with E-state index in [0.29, 0.717) is 31.2 Å². The SMILES string of the molecule is CCNC(=NCC(=O)NC(C)(C)C)NCCNC(=O)Cc1cccc(F)c1.I. The van der Waals surface area contributed by atoms with Crippen molar-refractivity contribution in [3.63, 3.8) is 0 Å². The first kappa shape index (κ1) is 26.1. The lowest BCUT2D eigenvalue weighted by atomic mass is 10.1. The normalized spacial score (nSPS) is 11.2. The van der Waals surface area contributed by atoms with Crippen LogP contribution in [0.3, 0.4) is 0 Å². The van der Waals surface area contributed by atoms with E-state index >= 15 is 0 Å². The Morgan fingerprint density at radius 2 is 1.75 bits per heavy atom. The van der Waals surface area contributed by atoms with Gasteiger partial charge in [0, 0.05) is 25.2 Å². The quantitative estimate of drug-likeness (QED) is 0.186. The average Bonchev–Trinajstić information content (AvgIpc) is 2.55. The Hall–Kier alpha value is -1.91. The molecule has 1 aromatic carbocycles. The number of benzene rings is 1. The van der Waals surface area contributed by atoms with Crippen LogP contribution in [0.15, 0.2) is 29.3 Å². The number of hydrogen-bond acceptors (Lipinski definition) is 3. The molecule has 1 rings (SSSR count). The molecule has 0 aliphatic rings. The Labute approximate surface area is 183 Å². The lowest BCUT2D eigenvalue weighted by Gasteiger charge is -2.20. The number of nitrogens with one attached hydrogen (secondary N) is 4. The van der Waals surface area contributed by atoms with Crippen molar-refractivity contribution in [2.24, 2.45) is 4.99 Å². The third-order valence-corrected chi connectivity index (χ3v) is 3.23. The number of nitrogens with zero attached hydrogens (tertiary/aromatic N) is 1. The molecule has 1 aromatic rings. The number of hydrogen-bond donors (Lipinski definition) is 4. The molecule has 7 nitrogen and oxygen atoms in total. The summed E-state index contributed by atoms with van der Waals surface area (Å²) in [5.74, 6) is -0.207. The van der Waals surface area contributed by atoms with Crippen molar-refractivity contribution in [1.82, 2.24) is 21.3 Å². The maximum Gasteiger partial charge on any atom is 0.242 e. The Balaban J connectivity index is 0.00000729. The summed E-state index contributed by atoms with van der Waals surface area (Å²) in [6.45, 7) is 9.14. The van der Waals surface area contributed by atoms with Gasteiger partial charge in [0.25, 0.3) is 0 Å². The molecule has 0 aliphatic heterocycles. The Morgan fingerprint density at radius 3 is 2.36 bits per heavy atom. The maximum atomic E-state index is 13.1. The van der Waals surface area contributed by atoms with Crippen LogP contribution in [0.1, 0.15) is 33.3 Å². The van der Waals surface area contributed by atoms with E-state index in [4.69, 9.17) is 0 Å². The van der Waals surface area contributed by atoms with E-state index in [1.54, 1.807) is 12.1 Å². The molecule has 0 atom stereocenters. The fourth-order valence-corrected chi connectivity index (χ4v) is 2.23. The van der Waals surface area contributed by atoms with E-state index in [1.807, 2.05) is 27.7 Å². The highest BCUT2D eigenvalue weighted by atomic mass is 127. The number of carbonyl (C=O) groups is 2. The van der Waals surface area contributed by atoms with Gasteiger partial charge in [-0.15, -0.1) is 24.0 Å². The van der Waals surface area contributed by atoms with Crippen LogP contribution < -0.4 is 21.3 Å². The van der Waals surface area contributed by atoms with Crippen LogP contribution in [-0.4, -0.2) is 49.5 Å². The molecule has 0 bridgehead atoms.